The van der Waals surface area contributed by atoms with Crippen LogP contribution in [-0.4, -0.2) is 25.2 Å². The van der Waals surface area contributed by atoms with E-state index in [1.807, 2.05) is 6.92 Å². The molecule has 3 heteroatoms. The zero-order valence-corrected chi connectivity index (χ0v) is 13.2. The van der Waals surface area contributed by atoms with Gasteiger partial charge < -0.3 is 4.90 Å². The highest BCUT2D eigenvalue weighted by molar-refractivity contribution is 5.48. The van der Waals surface area contributed by atoms with Gasteiger partial charge in [0.05, 0.1) is 6.07 Å². The van der Waals surface area contributed by atoms with E-state index < -0.39 is 5.54 Å². The Hall–Kier alpha value is -1.53. The first-order valence-electron chi connectivity index (χ1n) is 7.52. The number of benzene rings is 1. The van der Waals surface area contributed by atoms with E-state index >= 15 is 0 Å². The first-order valence-corrected chi connectivity index (χ1v) is 7.52. The van der Waals surface area contributed by atoms with Gasteiger partial charge in [0.2, 0.25) is 0 Å². The lowest BCUT2D eigenvalue weighted by Gasteiger charge is -2.29. The molecule has 0 aliphatic carbocycles. The van der Waals surface area contributed by atoms with Crippen LogP contribution in [-0.2, 0) is 0 Å². The van der Waals surface area contributed by atoms with Crippen LogP contribution in [0.15, 0.2) is 24.3 Å². The van der Waals surface area contributed by atoms with E-state index in [1.54, 1.807) is 0 Å². The number of nitrogens with one attached hydrogen (secondary N) is 1. The van der Waals surface area contributed by atoms with Crippen molar-refractivity contribution in [1.29, 1.82) is 5.26 Å². The normalized spacial score (nSPS) is 13.6. The molecule has 0 heterocycles. The van der Waals surface area contributed by atoms with Crippen LogP contribution in [0.4, 0.5) is 5.69 Å². The van der Waals surface area contributed by atoms with Crippen molar-refractivity contribution in [2.45, 2.75) is 46.1 Å². The molecule has 1 rings (SSSR count). The monoisotopic (exact) mass is 273 g/mol. The average molecular weight is 273 g/mol. The van der Waals surface area contributed by atoms with Crippen LogP contribution in [0.1, 0.15) is 39.2 Å². The van der Waals surface area contributed by atoms with Crippen LogP contribution < -0.4 is 10.2 Å². The van der Waals surface area contributed by atoms with Gasteiger partial charge in [-0.15, -0.1) is 0 Å². The maximum atomic E-state index is 9.38. The Morgan fingerprint density at radius 2 is 2.10 bits per heavy atom. The number of hydrogen-bond acceptors (Lipinski definition) is 3. The maximum Gasteiger partial charge on any atom is 0.105 e. The van der Waals surface area contributed by atoms with Crippen LogP contribution in [0.2, 0.25) is 0 Å². The summed E-state index contributed by atoms with van der Waals surface area (Å²) in [6, 6.07) is 11.0. The zero-order chi connectivity index (χ0) is 15.0. The molecule has 1 aromatic rings. The fourth-order valence-electron chi connectivity index (χ4n) is 2.24. The van der Waals surface area contributed by atoms with Crippen molar-refractivity contribution >= 4 is 5.69 Å². The van der Waals surface area contributed by atoms with E-state index in [0.29, 0.717) is 0 Å². The van der Waals surface area contributed by atoms with Crippen LogP contribution >= 0.6 is 0 Å². The lowest BCUT2D eigenvalue weighted by molar-refractivity contribution is 0.419. The summed E-state index contributed by atoms with van der Waals surface area (Å²) in [5, 5.41) is 12.7. The second kappa shape index (κ2) is 7.91. The van der Waals surface area contributed by atoms with Crippen molar-refractivity contribution in [3.8, 4) is 6.07 Å². The molecular weight excluding hydrogens is 246 g/mol. The standard InChI is InChI=1S/C17H27N3/c1-5-11-19-17(4,14-18)10-12-20(6-2)16-9-7-8-15(3)13-16/h7-9,13,19H,5-6,10-12H2,1-4H3. The summed E-state index contributed by atoms with van der Waals surface area (Å²) in [5.41, 5.74) is 2.07. The molecule has 0 aromatic heterocycles. The van der Waals surface area contributed by atoms with Crippen molar-refractivity contribution in [2.24, 2.45) is 0 Å². The summed E-state index contributed by atoms with van der Waals surface area (Å²) in [5.74, 6) is 0. The Morgan fingerprint density at radius 3 is 2.65 bits per heavy atom. The first kappa shape index (κ1) is 16.5. The lowest BCUT2D eigenvalue weighted by Crippen LogP contribution is -2.44. The molecule has 1 aromatic carbocycles. The highest BCUT2D eigenvalue weighted by Crippen LogP contribution is 2.18. The summed E-state index contributed by atoms with van der Waals surface area (Å²) in [4.78, 5) is 2.33. The van der Waals surface area contributed by atoms with Crippen LogP contribution in [0.25, 0.3) is 0 Å². The third-order valence-corrected chi connectivity index (χ3v) is 3.64. The van der Waals surface area contributed by atoms with Crippen molar-refractivity contribution in [3.05, 3.63) is 29.8 Å². The molecule has 0 aliphatic heterocycles. The largest absolute Gasteiger partial charge is 0.372 e. The fourth-order valence-corrected chi connectivity index (χ4v) is 2.24. The summed E-state index contributed by atoms with van der Waals surface area (Å²) >= 11 is 0. The van der Waals surface area contributed by atoms with Crippen molar-refractivity contribution in [3.63, 3.8) is 0 Å². The minimum Gasteiger partial charge on any atom is -0.372 e. The molecule has 0 radical (unpaired) electrons. The summed E-state index contributed by atoms with van der Waals surface area (Å²) in [6.07, 6.45) is 1.87. The van der Waals surface area contributed by atoms with Crippen molar-refractivity contribution in [2.75, 3.05) is 24.5 Å². The van der Waals surface area contributed by atoms with Gasteiger partial charge in [-0.05, 0) is 57.9 Å². The van der Waals surface area contributed by atoms with Crippen LogP contribution in [0.3, 0.4) is 0 Å². The maximum absolute atomic E-state index is 9.38. The number of nitriles is 1. The van der Waals surface area contributed by atoms with E-state index in [-0.39, 0.29) is 0 Å². The molecule has 0 fully saturated rings. The van der Waals surface area contributed by atoms with Crippen LogP contribution in [0, 0.1) is 18.3 Å². The topological polar surface area (TPSA) is 39.1 Å². The number of nitrogens with zero attached hydrogens (tertiary/aromatic N) is 2. The molecule has 3 nitrogen and oxygen atoms in total. The highest BCUT2D eigenvalue weighted by atomic mass is 15.1. The zero-order valence-electron chi connectivity index (χ0n) is 13.2. The number of hydrogen-bond donors (Lipinski definition) is 1. The van der Waals surface area contributed by atoms with E-state index in [1.165, 1.54) is 11.3 Å². The lowest BCUT2D eigenvalue weighted by atomic mass is 9.99. The van der Waals surface area contributed by atoms with Gasteiger partial charge in [-0.1, -0.05) is 19.1 Å². The van der Waals surface area contributed by atoms with E-state index in [2.05, 4.69) is 61.3 Å². The molecule has 0 bridgehead atoms. The molecule has 0 saturated heterocycles. The number of rotatable bonds is 8. The van der Waals surface area contributed by atoms with Gasteiger partial charge in [0.1, 0.15) is 5.54 Å². The Balaban J connectivity index is 2.67. The highest BCUT2D eigenvalue weighted by Gasteiger charge is 2.23. The molecule has 0 amide bonds. The van der Waals surface area contributed by atoms with Crippen molar-refractivity contribution in [1.82, 2.24) is 5.32 Å². The van der Waals surface area contributed by atoms with Gasteiger partial charge >= 0.3 is 0 Å². The van der Waals surface area contributed by atoms with Gasteiger partial charge in [0.15, 0.2) is 0 Å². The molecule has 110 valence electrons. The smallest absolute Gasteiger partial charge is 0.105 e. The van der Waals surface area contributed by atoms with Gasteiger partial charge in [-0.25, -0.2) is 0 Å². The van der Waals surface area contributed by atoms with E-state index in [0.717, 1.165) is 32.5 Å². The Morgan fingerprint density at radius 1 is 1.35 bits per heavy atom. The number of aryl methyl sites for hydroxylation is 1. The SMILES string of the molecule is CCCNC(C)(C#N)CCN(CC)c1cccc(C)c1. The Bertz CT molecular complexity index is 450. The van der Waals surface area contributed by atoms with Crippen LogP contribution in [0.5, 0.6) is 0 Å². The van der Waals surface area contributed by atoms with E-state index in [4.69, 9.17) is 0 Å². The summed E-state index contributed by atoms with van der Waals surface area (Å²) in [6.45, 7) is 11.1. The Labute approximate surface area is 123 Å². The summed E-state index contributed by atoms with van der Waals surface area (Å²) in [7, 11) is 0. The quantitative estimate of drug-likeness (QED) is 0.788. The minimum absolute atomic E-state index is 0.437. The molecule has 1 N–H and O–H groups in total. The van der Waals surface area contributed by atoms with Gasteiger partial charge in [0.25, 0.3) is 0 Å². The fraction of sp³-hybridized carbons (Fsp3) is 0.588. The second-order valence-corrected chi connectivity index (χ2v) is 5.54. The van der Waals surface area contributed by atoms with Crippen molar-refractivity contribution < 1.29 is 0 Å². The van der Waals surface area contributed by atoms with Gasteiger partial charge in [-0.2, -0.15) is 5.26 Å². The predicted octanol–water partition coefficient (Wildman–Crippen LogP) is 3.49. The number of anilines is 1. The minimum atomic E-state index is -0.437. The summed E-state index contributed by atoms with van der Waals surface area (Å²) < 4.78 is 0. The Kier molecular flexibility index (Phi) is 6.54. The molecule has 1 unspecified atom stereocenters. The third kappa shape index (κ3) is 4.86. The molecular formula is C17H27N3. The third-order valence-electron chi connectivity index (χ3n) is 3.64. The first-order chi connectivity index (χ1) is 9.54. The molecule has 20 heavy (non-hydrogen) atoms. The average Bonchev–Trinajstić information content (AvgIpc) is 2.46. The molecule has 0 saturated carbocycles. The molecule has 0 aliphatic rings. The molecule has 1 atom stereocenters. The predicted molar refractivity (Wildman–Crippen MR) is 86.0 cm³/mol. The van der Waals surface area contributed by atoms with E-state index in [9.17, 15) is 5.26 Å². The second-order valence-electron chi connectivity index (χ2n) is 5.54. The van der Waals surface area contributed by atoms with Gasteiger partial charge in [-0.3, -0.25) is 5.32 Å². The molecule has 0 spiro atoms. The van der Waals surface area contributed by atoms with Gasteiger partial charge in [0, 0.05) is 18.8 Å².